The van der Waals surface area contributed by atoms with E-state index >= 15 is 0 Å². The van der Waals surface area contributed by atoms with E-state index in [4.69, 9.17) is 0 Å². The number of hydrogen-bond acceptors (Lipinski definition) is 3. The van der Waals surface area contributed by atoms with Crippen molar-refractivity contribution in [1.29, 1.82) is 0 Å². The number of benzene rings is 2. The molecule has 1 aliphatic rings. The lowest BCUT2D eigenvalue weighted by atomic mass is 10.1. The second-order valence-corrected chi connectivity index (χ2v) is 6.23. The number of nitrogens with zero attached hydrogens (tertiary/aromatic N) is 2. The van der Waals surface area contributed by atoms with Crippen LogP contribution in [0.2, 0.25) is 0 Å². The molecule has 1 heterocycles. The maximum absolute atomic E-state index is 13.3. The van der Waals surface area contributed by atoms with Crippen LogP contribution in [-0.2, 0) is 0 Å². The highest BCUT2D eigenvalue weighted by Gasteiger charge is 2.27. The van der Waals surface area contributed by atoms with Crippen molar-refractivity contribution in [2.45, 2.75) is 6.92 Å². The van der Waals surface area contributed by atoms with Crippen molar-refractivity contribution in [3.63, 3.8) is 0 Å². The molecule has 136 valence electrons. The van der Waals surface area contributed by atoms with Crippen LogP contribution < -0.4 is 0 Å². The van der Waals surface area contributed by atoms with Gasteiger partial charge in [0, 0.05) is 31.7 Å². The number of aromatic hydroxyl groups is 1. The van der Waals surface area contributed by atoms with Gasteiger partial charge in [-0.3, -0.25) is 9.59 Å². The molecule has 26 heavy (non-hydrogen) atoms. The zero-order valence-corrected chi connectivity index (χ0v) is 14.2. The molecule has 2 aromatic carbocycles. The van der Waals surface area contributed by atoms with Crippen LogP contribution in [0.1, 0.15) is 26.3 Å². The molecule has 0 radical (unpaired) electrons. The number of amides is 2. The number of carbonyl (C=O) groups is 2. The van der Waals surface area contributed by atoms with Gasteiger partial charge in [-0.25, -0.2) is 8.78 Å². The predicted molar refractivity (Wildman–Crippen MR) is 91.0 cm³/mol. The SMILES string of the molecule is Cc1ccc(O)c(C(=O)N2CCN(C(=O)c3ccc(F)c(F)c3)CC2)c1. The molecule has 0 saturated carbocycles. The van der Waals surface area contributed by atoms with Crippen LogP contribution in [0, 0.1) is 18.6 Å². The minimum absolute atomic E-state index is 0.0694. The summed E-state index contributed by atoms with van der Waals surface area (Å²) in [6.45, 7) is 2.96. The molecule has 1 fully saturated rings. The summed E-state index contributed by atoms with van der Waals surface area (Å²) in [5, 5.41) is 9.90. The Morgan fingerprint density at radius 3 is 2.12 bits per heavy atom. The molecule has 2 amide bonds. The molecule has 0 aromatic heterocycles. The lowest BCUT2D eigenvalue weighted by Crippen LogP contribution is -2.50. The van der Waals surface area contributed by atoms with Crippen molar-refractivity contribution in [2.24, 2.45) is 0 Å². The molecule has 1 N–H and O–H groups in total. The second-order valence-electron chi connectivity index (χ2n) is 6.23. The van der Waals surface area contributed by atoms with E-state index in [-0.39, 0.29) is 35.9 Å². The van der Waals surface area contributed by atoms with Gasteiger partial charge in [-0.15, -0.1) is 0 Å². The lowest BCUT2D eigenvalue weighted by molar-refractivity contribution is 0.0533. The monoisotopic (exact) mass is 360 g/mol. The summed E-state index contributed by atoms with van der Waals surface area (Å²) in [5.41, 5.74) is 1.16. The second kappa shape index (κ2) is 7.11. The van der Waals surface area contributed by atoms with Crippen LogP contribution >= 0.6 is 0 Å². The van der Waals surface area contributed by atoms with Gasteiger partial charge in [0.25, 0.3) is 11.8 Å². The molecule has 0 bridgehead atoms. The van der Waals surface area contributed by atoms with Crippen molar-refractivity contribution in [1.82, 2.24) is 9.80 Å². The number of phenolic OH excluding ortho intramolecular Hbond substituents is 1. The van der Waals surface area contributed by atoms with E-state index in [2.05, 4.69) is 0 Å². The molecule has 0 atom stereocenters. The lowest BCUT2D eigenvalue weighted by Gasteiger charge is -2.35. The van der Waals surface area contributed by atoms with Gasteiger partial charge in [-0.1, -0.05) is 11.6 Å². The summed E-state index contributed by atoms with van der Waals surface area (Å²) < 4.78 is 26.3. The number of aryl methyl sites for hydroxylation is 1. The van der Waals surface area contributed by atoms with Crippen LogP contribution in [0.5, 0.6) is 5.75 Å². The number of phenols is 1. The van der Waals surface area contributed by atoms with Crippen LogP contribution in [0.25, 0.3) is 0 Å². The van der Waals surface area contributed by atoms with Gasteiger partial charge >= 0.3 is 0 Å². The van der Waals surface area contributed by atoms with Gasteiger partial charge in [0.15, 0.2) is 11.6 Å². The van der Waals surface area contributed by atoms with Gasteiger partial charge in [0.2, 0.25) is 0 Å². The third-order valence-corrected chi connectivity index (χ3v) is 4.40. The van der Waals surface area contributed by atoms with Crippen LogP contribution in [0.4, 0.5) is 8.78 Å². The Labute approximate surface area is 149 Å². The summed E-state index contributed by atoms with van der Waals surface area (Å²) in [6.07, 6.45) is 0. The molecule has 7 heteroatoms. The molecule has 3 rings (SSSR count). The van der Waals surface area contributed by atoms with Gasteiger partial charge in [0.05, 0.1) is 5.56 Å². The molecule has 1 aliphatic heterocycles. The molecule has 0 aliphatic carbocycles. The summed E-state index contributed by atoms with van der Waals surface area (Å²) in [6, 6.07) is 7.85. The van der Waals surface area contributed by atoms with Crippen molar-refractivity contribution >= 4 is 11.8 Å². The van der Waals surface area contributed by atoms with E-state index < -0.39 is 17.5 Å². The highest BCUT2D eigenvalue weighted by Crippen LogP contribution is 2.21. The van der Waals surface area contributed by atoms with E-state index in [1.54, 1.807) is 17.0 Å². The van der Waals surface area contributed by atoms with E-state index in [0.29, 0.717) is 13.1 Å². The summed E-state index contributed by atoms with van der Waals surface area (Å²) in [5.74, 6) is -2.86. The van der Waals surface area contributed by atoms with Crippen molar-refractivity contribution in [3.8, 4) is 5.75 Å². The fraction of sp³-hybridized carbons (Fsp3) is 0.263. The Morgan fingerprint density at radius 2 is 1.50 bits per heavy atom. The fourth-order valence-electron chi connectivity index (χ4n) is 2.92. The molecule has 5 nitrogen and oxygen atoms in total. The molecular formula is C19H18F2N2O3. The summed E-state index contributed by atoms with van der Waals surface area (Å²) in [7, 11) is 0. The number of rotatable bonds is 2. The molecule has 2 aromatic rings. The van der Waals surface area contributed by atoms with Gasteiger partial charge in [0.1, 0.15) is 5.75 Å². The minimum Gasteiger partial charge on any atom is -0.507 e. The maximum atomic E-state index is 13.3. The largest absolute Gasteiger partial charge is 0.507 e. The molecule has 1 saturated heterocycles. The van der Waals surface area contributed by atoms with Gasteiger partial charge in [-0.05, 0) is 37.3 Å². The molecule has 0 spiro atoms. The normalized spacial score (nSPS) is 14.4. The Balaban J connectivity index is 1.67. The average Bonchev–Trinajstić information content (AvgIpc) is 2.65. The zero-order chi connectivity index (χ0) is 18.8. The zero-order valence-electron chi connectivity index (χ0n) is 14.2. The Kier molecular flexibility index (Phi) is 4.88. The Bertz CT molecular complexity index is 862. The van der Waals surface area contributed by atoms with Crippen molar-refractivity contribution < 1.29 is 23.5 Å². The van der Waals surface area contributed by atoms with E-state index in [1.165, 1.54) is 17.0 Å². The topological polar surface area (TPSA) is 60.9 Å². The number of hydrogen-bond donors (Lipinski definition) is 1. The van der Waals surface area contributed by atoms with E-state index in [0.717, 1.165) is 17.7 Å². The number of carbonyl (C=O) groups excluding carboxylic acids is 2. The Morgan fingerprint density at radius 1 is 0.885 bits per heavy atom. The predicted octanol–water partition coefficient (Wildman–Crippen LogP) is 2.58. The standard InChI is InChI=1S/C19H18F2N2O3/c1-12-2-5-17(24)14(10-12)19(26)23-8-6-22(7-9-23)18(25)13-3-4-15(20)16(21)11-13/h2-5,10-11,24H,6-9H2,1H3. The fourth-order valence-corrected chi connectivity index (χ4v) is 2.92. The van der Waals surface area contributed by atoms with Crippen LogP contribution in [0.15, 0.2) is 36.4 Å². The highest BCUT2D eigenvalue weighted by atomic mass is 19.2. The first-order valence-electron chi connectivity index (χ1n) is 8.20. The maximum Gasteiger partial charge on any atom is 0.257 e. The first-order valence-corrected chi connectivity index (χ1v) is 8.20. The molecule has 0 unspecified atom stereocenters. The van der Waals surface area contributed by atoms with Crippen LogP contribution in [-0.4, -0.2) is 52.9 Å². The van der Waals surface area contributed by atoms with E-state index in [9.17, 15) is 23.5 Å². The minimum atomic E-state index is -1.07. The summed E-state index contributed by atoms with van der Waals surface area (Å²) >= 11 is 0. The number of piperazine rings is 1. The first-order chi connectivity index (χ1) is 12.4. The number of halogens is 2. The molecular weight excluding hydrogens is 342 g/mol. The van der Waals surface area contributed by atoms with Gasteiger partial charge < -0.3 is 14.9 Å². The average molecular weight is 360 g/mol. The quantitative estimate of drug-likeness (QED) is 0.896. The van der Waals surface area contributed by atoms with Crippen LogP contribution in [0.3, 0.4) is 0 Å². The third-order valence-electron chi connectivity index (χ3n) is 4.40. The summed E-state index contributed by atoms with van der Waals surface area (Å²) in [4.78, 5) is 28.0. The smallest absolute Gasteiger partial charge is 0.257 e. The highest BCUT2D eigenvalue weighted by molar-refractivity contribution is 5.97. The van der Waals surface area contributed by atoms with Crippen molar-refractivity contribution in [2.75, 3.05) is 26.2 Å². The third kappa shape index (κ3) is 3.51. The van der Waals surface area contributed by atoms with Crippen molar-refractivity contribution in [3.05, 3.63) is 64.7 Å². The van der Waals surface area contributed by atoms with E-state index in [1.807, 2.05) is 6.92 Å². The Hall–Kier alpha value is -2.96. The van der Waals surface area contributed by atoms with Gasteiger partial charge in [-0.2, -0.15) is 0 Å². The first kappa shape index (κ1) is 17.8.